The summed E-state index contributed by atoms with van der Waals surface area (Å²) in [6.07, 6.45) is 6.71. The van der Waals surface area contributed by atoms with Crippen LogP contribution in [0.1, 0.15) is 51.9 Å². The van der Waals surface area contributed by atoms with E-state index in [1.165, 1.54) is 17.7 Å². The van der Waals surface area contributed by atoms with E-state index in [1.54, 1.807) is 24.3 Å². The van der Waals surface area contributed by atoms with Crippen LogP contribution in [0.3, 0.4) is 0 Å². The molecule has 0 aromatic heterocycles. The molecule has 1 aromatic carbocycles. The zero-order chi connectivity index (χ0) is 21.4. The van der Waals surface area contributed by atoms with Crippen molar-refractivity contribution in [1.29, 1.82) is 0 Å². The van der Waals surface area contributed by atoms with Crippen molar-refractivity contribution in [2.45, 2.75) is 61.5 Å². The molecular weight excluding hydrogens is 514 g/mol. The first-order valence-electron chi connectivity index (χ1n) is 10.9. The fourth-order valence-corrected chi connectivity index (χ4v) is 7.20. The van der Waals surface area contributed by atoms with Gasteiger partial charge < -0.3 is 4.74 Å². The van der Waals surface area contributed by atoms with Crippen LogP contribution in [-0.2, 0) is 14.4 Å². The molecular formula is C23H27Br2NO4. The summed E-state index contributed by atoms with van der Waals surface area (Å²) in [6.45, 7) is 2.16. The van der Waals surface area contributed by atoms with Crippen LogP contribution in [0.4, 0.5) is 5.69 Å². The molecule has 1 heterocycles. The summed E-state index contributed by atoms with van der Waals surface area (Å²) in [5, 5.41) is 0. The number of fused-ring (bicyclic) bond motifs is 5. The molecule has 0 N–H and O–H groups in total. The first-order valence-corrected chi connectivity index (χ1v) is 12.7. The number of halogens is 2. The van der Waals surface area contributed by atoms with Gasteiger partial charge in [-0.1, -0.05) is 64.5 Å². The quantitative estimate of drug-likeness (QED) is 0.149. The molecule has 162 valence electrons. The first-order chi connectivity index (χ1) is 14.4. The van der Waals surface area contributed by atoms with Crippen molar-refractivity contribution >= 4 is 55.3 Å². The molecule has 2 bridgehead atoms. The number of imide groups is 1. The fraction of sp³-hybridized carbons (Fsp3) is 0.609. The average molecular weight is 541 g/mol. The Morgan fingerprint density at radius 1 is 0.967 bits per heavy atom. The van der Waals surface area contributed by atoms with Gasteiger partial charge in [0, 0.05) is 16.1 Å². The third-order valence-corrected chi connectivity index (χ3v) is 10.0. The summed E-state index contributed by atoms with van der Waals surface area (Å²) in [6, 6.07) is 6.71. The number of alkyl halides is 2. The summed E-state index contributed by atoms with van der Waals surface area (Å²) in [7, 11) is 0. The van der Waals surface area contributed by atoms with E-state index in [-0.39, 0.29) is 51.1 Å². The molecule has 2 amide bonds. The highest BCUT2D eigenvalue weighted by atomic mass is 79.9. The van der Waals surface area contributed by atoms with Gasteiger partial charge in [-0.25, -0.2) is 0 Å². The number of anilines is 1. The molecule has 2 saturated carbocycles. The molecule has 1 saturated heterocycles. The Balaban J connectivity index is 1.37. The molecule has 0 radical (unpaired) electrons. The van der Waals surface area contributed by atoms with Crippen molar-refractivity contribution in [3.05, 3.63) is 24.3 Å². The molecule has 6 atom stereocenters. The van der Waals surface area contributed by atoms with Gasteiger partial charge in [0.1, 0.15) is 5.75 Å². The number of amides is 2. The fourth-order valence-electron chi connectivity index (χ4n) is 5.32. The first kappa shape index (κ1) is 22.0. The van der Waals surface area contributed by atoms with Crippen molar-refractivity contribution in [2.75, 3.05) is 4.90 Å². The van der Waals surface area contributed by atoms with E-state index in [1.807, 2.05) is 0 Å². The van der Waals surface area contributed by atoms with E-state index in [9.17, 15) is 14.4 Å². The molecule has 0 spiro atoms. The van der Waals surface area contributed by atoms with Crippen LogP contribution in [0, 0.1) is 23.7 Å². The van der Waals surface area contributed by atoms with E-state index in [0.29, 0.717) is 17.9 Å². The lowest BCUT2D eigenvalue weighted by Crippen LogP contribution is -2.37. The van der Waals surface area contributed by atoms with Gasteiger partial charge in [-0.2, -0.15) is 0 Å². The van der Waals surface area contributed by atoms with Gasteiger partial charge in [0.2, 0.25) is 11.8 Å². The van der Waals surface area contributed by atoms with Gasteiger partial charge in [0.15, 0.2) is 0 Å². The molecule has 1 aromatic rings. The lowest BCUT2D eigenvalue weighted by atomic mass is 9.81. The normalized spacial score (nSPS) is 32.0. The van der Waals surface area contributed by atoms with Gasteiger partial charge in [-0.15, -0.1) is 0 Å². The summed E-state index contributed by atoms with van der Waals surface area (Å²) >= 11 is 7.41. The molecule has 30 heavy (non-hydrogen) atoms. The lowest BCUT2D eigenvalue weighted by molar-refractivity contribution is -0.134. The molecule has 2 aliphatic carbocycles. The number of nitrogens with zero attached hydrogens (tertiary/aromatic N) is 1. The summed E-state index contributed by atoms with van der Waals surface area (Å²) in [5.41, 5.74) is 0.551. The summed E-state index contributed by atoms with van der Waals surface area (Å²) in [5.74, 6) is -0.0667. The second kappa shape index (κ2) is 9.11. The van der Waals surface area contributed by atoms with Crippen LogP contribution in [0.2, 0.25) is 0 Å². The number of ether oxygens (including phenoxy) is 1. The Hall–Kier alpha value is -1.21. The van der Waals surface area contributed by atoms with Crippen molar-refractivity contribution in [3.8, 4) is 5.75 Å². The van der Waals surface area contributed by atoms with Gasteiger partial charge in [0.25, 0.3) is 0 Å². The average Bonchev–Trinajstić information content (AvgIpc) is 3.33. The second-order valence-electron chi connectivity index (χ2n) is 8.65. The maximum absolute atomic E-state index is 13.1. The molecule has 1 aliphatic heterocycles. The topological polar surface area (TPSA) is 63.7 Å². The van der Waals surface area contributed by atoms with E-state index in [2.05, 4.69) is 38.8 Å². The minimum atomic E-state index is -0.245. The SMILES string of the molecule is CCCCCCCC(=O)Oc1ccc(N2C(=O)[C@@H]3[C@H]4C[C@@H]([C@H](Br)[C@H]4Br)[C@@H]3C2=O)cc1. The number of carbonyl (C=O) groups excluding carboxylic acids is 3. The predicted octanol–water partition coefficient (Wildman–Crippen LogP) is 5.23. The number of rotatable bonds is 8. The van der Waals surface area contributed by atoms with Gasteiger partial charge in [-0.3, -0.25) is 19.3 Å². The smallest absolute Gasteiger partial charge is 0.311 e. The Morgan fingerprint density at radius 3 is 2.10 bits per heavy atom. The highest BCUT2D eigenvalue weighted by Crippen LogP contribution is 2.60. The minimum absolute atomic E-state index is 0.0989. The number of carbonyl (C=O) groups is 3. The second-order valence-corrected chi connectivity index (χ2v) is 10.8. The zero-order valence-electron chi connectivity index (χ0n) is 17.1. The van der Waals surface area contributed by atoms with Crippen LogP contribution in [0.25, 0.3) is 0 Å². The zero-order valence-corrected chi connectivity index (χ0v) is 20.2. The third-order valence-electron chi connectivity index (χ3n) is 6.80. The van der Waals surface area contributed by atoms with Gasteiger partial charge in [-0.05, 0) is 48.9 Å². The van der Waals surface area contributed by atoms with E-state index < -0.39 is 0 Å². The number of unbranched alkanes of at least 4 members (excludes halogenated alkanes) is 4. The number of hydrogen-bond donors (Lipinski definition) is 0. The Labute approximate surface area is 194 Å². The maximum Gasteiger partial charge on any atom is 0.311 e. The molecule has 0 unspecified atom stereocenters. The number of benzene rings is 1. The Bertz CT molecular complexity index is 795. The standard InChI is InChI=1S/C23H27Br2NO4/c1-2-3-4-5-6-7-17(27)30-14-10-8-13(9-11-14)26-22(28)18-15-12-16(19(18)23(26)29)21(25)20(15)24/h8-11,15-16,18-21H,2-7,12H2,1H3/t15-,16-,18-,19+,20+,21+/m1/s1. The van der Waals surface area contributed by atoms with Crippen molar-refractivity contribution < 1.29 is 19.1 Å². The highest BCUT2D eigenvalue weighted by molar-refractivity contribution is 9.12. The van der Waals surface area contributed by atoms with E-state index >= 15 is 0 Å². The Kier molecular flexibility index (Phi) is 6.68. The van der Waals surface area contributed by atoms with Crippen molar-refractivity contribution in [3.63, 3.8) is 0 Å². The largest absolute Gasteiger partial charge is 0.427 e. The molecule has 5 nitrogen and oxygen atoms in total. The van der Waals surface area contributed by atoms with E-state index in [4.69, 9.17) is 4.74 Å². The number of hydrogen-bond acceptors (Lipinski definition) is 4. The maximum atomic E-state index is 13.1. The van der Waals surface area contributed by atoms with Crippen molar-refractivity contribution in [2.24, 2.45) is 23.7 Å². The van der Waals surface area contributed by atoms with Crippen molar-refractivity contribution in [1.82, 2.24) is 0 Å². The Morgan fingerprint density at radius 2 is 1.53 bits per heavy atom. The van der Waals surface area contributed by atoms with Crippen LogP contribution in [0.15, 0.2) is 24.3 Å². The summed E-state index contributed by atoms with van der Waals surface area (Å²) < 4.78 is 5.40. The number of esters is 1. The van der Waals surface area contributed by atoms with Crippen LogP contribution >= 0.6 is 31.9 Å². The van der Waals surface area contributed by atoms with Gasteiger partial charge in [0.05, 0.1) is 17.5 Å². The van der Waals surface area contributed by atoms with Crippen LogP contribution in [0.5, 0.6) is 5.75 Å². The highest BCUT2D eigenvalue weighted by Gasteiger charge is 2.66. The monoisotopic (exact) mass is 539 g/mol. The molecule has 3 fully saturated rings. The van der Waals surface area contributed by atoms with Crippen LogP contribution < -0.4 is 9.64 Å². The minimum Gasteiger partial charge on any atom is -0.427 e. The predicted molar refractivity (Wildman–Crippen MR) is 122 cm³/mol. The molecule has 3 aliphatic rings. The van der Waals surface area contributed by atoms with Gasteiger partial charge >= 0.3 is 5.97 Å². The molecule has 4 rings (SSSR count). The van der Waals surface area contributed by atoms with Crippen LogP contribution in [-0.4, -0.2) is 27.4 Å². The third kappa shape index (κ3) is 3.88. The summed E-state index contributed by atoms with van der Waals surface area (Å²) in [4.78, 5) is 40.0. The molecule has 7 heteroatoms. The lowest BCUT2D eigenvalue weighted by Gasteiger charge is -2.28. The van der Waals surface area contributed by atoms with E-state index in [0.717, 1.165) is 25.7 Å².